The van der Waals surface area contributed by atoms with Crippen LogP contribution in [0.5, 0.6) is 0 Å². The molecular weight excluding hydrogens is 212 g/mol. The molecule has 1 unspecified atom stereocenters. The topological polar surface area (TPSA) is 76.0 Å². The van der Waals surface area contributed by atoms with E-state index < -0.39 is 17.0 Å². The molecular formula is C11H18O5. The molecule has 0 aromatic heterocycles. The fourth-order valence-corrected chi connectivity index (χ4v) is 2.72. The van der Waals surface area contributed by atoms with Gasteiger partial charge in [-0.1, -0.05) is 0 Å². The summed E-state index contributed by atoms with van der Waals surface area (Å²) >= 11 is 0. The molecule has 16 heavy (non-hydrogen) atoms. The molecule has 1 atom stereocenters. The summed E-state index contributed by atoms with van der Waals surface area (Å²) in [5, 5.41) is 20.0. The molecule has 2 N–H and O–H groups in total. The van der Waals surface area contributed by atoms with Crippen LogP contribution in [0.2, 0.25) is 0 Å². The number of carboxylic acids is 1. The summed E-state index contributed by atoms with van der Waals surface area (Å²) in [6.45, 7) is 1.54. The number of ether oxygens (including phenoxy) is 2. The van der Waals surface area contributed by atoms with Gasteiger partial charge in [-0.25, -0.2) is 0 Å². The number of hydrogen-bond donors (Lipinski definition) is 2. The molecule has 0 amide bonds. The van der Waals surface area contributed by atoms with Crippen LogP contribution in [0.3, 0.4) is 0 Å². The van der Waals surface area contributed by atoms with Crippen LogP contribution in [-0.4, -0.2) is 48.2 Å². The van der Waals surface area contributed by atoms with Crippen LogP contribution in [0.25, 0.3) is 0 Å². The molecule has 5 heteroatoms. The van der Waals surface area contributed by atoms with Gasteiger partial charge in [0.25, 0.3) is 0 Å². The van der Waals surface area contributed by atoms with E-state index in [1.807, 2.05) is 0 Å². The smallest absolute Gasteiger partial charge is 0.314 e. The summed E-state index contributed by atoms with van der Waals surface area (Å²) in [5.74, 6) is -0.948. The molecule has 0 saturated carbocycles. The summed E-state index contributed by atoms with van der Waals surface area (Å²) in [6.07, 6.45) is 1.93. The molecule has 2 saturated heterocycles. The highest BCUT2D eigenvalue weighted by molar-refractivity contribution is 5.76. The number of hydrogen-bond acceptors (Lipinski definition) is 4. The quantitative estimate of drug-likeness (QED) is 0.718. The van der Waals surface area contributed by atoms with Crippen LogP contribution < -0.4 is 0 Å². The highest BCUT2D eigenvalue weighted by Gasteiger charge is 2.57. The third-order valence-corrected chi connectivity index (χ3v) is 3.86. The molecule has 0 spiro atoms. The zero-order valence-electron chi connectivity index (χ0n) is 9.28. The molecule has 0 aliphatic carbocycles. The van der Waals surface area contributed by atoms with Crippen LogP contribution >= 0.6 is 0 Å². The first kappa shape index (κ1) is 11.8. The zero-order chi connectivity index (χ0) is 11.6. The van der Waals surface area contributed by atoms with Gasteiger partial charge in [0.1, 0.15) is 5.41 Å². The third-order valence-electron chi connectivity index (χ3n) is 3.86. The highest BCUT2D eigenvalue weighted by atomic mass is 16.5. The van der Waals surface area contributed by atoms with E-state index in [-0.39, 0.29) is 6.61 Å². The van der Waals surface area contributed by atoms with E-state index >= 15 is 0 Å². The first-order chi connectivity index (χ1) is 7.61. The van der Waals surface area contributed by atoms with Gasteiger partial charge in [0.05, 0.1) is 12.2 Å². The van der Waals surface area contributed by atoms with E-state index in [0.717, 1.165) is 0 Å². The fourth-order valence-electron chi connectivity index (χ4n) is 2.72. The molecule has 2 heterocycles. The largest absolute Gasteiger partial charge is 0.481 e. The summed E-state index contributed by atoms with van der Waals surface area (Å²) in [7, 11) is 0. The van der Waals surface area contributed by atoms with Gasteiger partial charge < -0.3 is 19.7 Å². The summed E-state index contributed by atoms with van der Waals surface area (Å²) in [5.41, 5.74) is -2.33. The van der Waals surface area contributed by atoms with Crippen LogP contribution in [0.4, 0.5) is 0 Å². The van der Waals surface area contributed by atoms with Gasteiger partial charge in [0, 0.05) is 32.7 Å². The van der Waals surface area contributed by atoms with Crippen molar-refractivity contribution in [1.82, 2.24) is 0 Å². The van der Waals surface area contributed by atoms with E-state index in [2.05, 4.69) is 0 Å². The van der Waals surface area contributed by atoms with Crippen molar-refractivity contribution in [2.45, 2.75) is 31.3 Å². The Bertz CT molecular complexity index is 264. The Morgan fingerprint density at radius 2 is 1.75 bits per heavy atom. The van der Waals surface area contributed by atoms with Gasteiger partial charge in [-0.3, -0.25) is 4.79 Å². The number of rotatable bonds is 2. The van der Waals surface area contributed by atoms with Crippen molar-refractivity contribution in [2.24, 2.45) is 5.41 Å². The van der Waals surface area contributed by atoms with Crippen molar-refractivity contribution < 1.29 is 24.5 Å². The number of aliphatic hydroxyl groups is 1. The van der Waals surface area contributed by atoms with Crippen molar-refractivity contribution in [1.29, 1.82) is 0 Å². The average Bonchev–Trinajstić information content (AvgIpc) is 2.30. The molecule has 0 bridgehead atoms. The Balaban J connectivity index is 2.26. The first-order valence-electron chi connectivity index (χ1n) is 5.72. The third kappa shape index (κ3) is 1.73. The Morgan fingerprint density at radius 1 is 1.06 bits per heavy atom. The maximum absolute atomic E-state index is 11.5. The molecule has 92 valence electrons. The predicted octanol–water partition coefficient (Wildman–Crippen LogP) is 0.409. The van der Waals surface area contributed by atoms with Gasteiger partial charge in [0.15, 0.2) is 0 Å². The van der Waals surface area contributed by atoms with E-state index in [9.17, 15) is 15.0 Å². The van der Waals surface area contributed by atoms with E-state index in [1.165, 1.54) is 0 Å². The maximum Gasteiger partial charge on any atom is 0.314 e. The Hall–Kier alpha value is -0.650. The van der Waals surface area contributed by atoms with Crippen LogP contribution in [0.15, 0.2) is 0 Å². The van der Waals surface area contributed by atoms with Crippen molar-refractivity contribution in [3.8, 4) is 0 Å². The summed E-state index contributed by atoms with van der Waals surface area (Å²) in [6, 6.07) is 0. The molecule has 0 aromatic carbocycles. The van der Waals surface area contributed by atoms with Gasteiger partial charge in [-0.2, -0.15) is 0 Å². The predicted molar refractivity (Wildman–Crippen MR) is 55.1 cm³/mol. The normalized spacial score (nSPS) is 34.6. The highest BCUT2D eigenvalue weighted by Crippen LogP contribution is 2.45. The van der Waals surface area contributed by atoms with Crippen molar-refractivity contribution in [3.05, 3.63) is 0 Å². The summed E-state index contributed by atoms with van der Waals surface area (Å²) in [4.78, 5) is 11.5. The van der Waals surface area contributed by atoms with Crippen LogP contribution in [0.1, 0.15) is 25.7 Å². The SMILES string of the molecule is O=C(O)C1(C2(O)CCOCC2)CCCOC1. The Kier molecular flexibility index (Phi) is 3.19. The lowest BCUT2D eigenvalue weighted by molar-refractivity contribution is -0.205. The van der Waals surface area contributed by atoms with Crippen LogP contribution in [-0.2, 0) is 14.3 Å². The van der Waals surface area contributed by atoms with Crippen LogP contribution in [0, 0.1) is 5.41 Å². The molecule has 0 radical (unpaired) electrons. The minimum Gasteiger partial charge on any atom is -0.481 e. The fraction of sp³-hybridized carbons (Fsp3) is 0.909. The number of carbonyl (C=O) groups is 1. The lowest BCUT2D eigenvalue weighted by Gasteiger charge is -2.47. The maximum atomic E-state index is 11.5. The lowest BCUT2D eigenvalue weighted by atomic mass is 9.65. The van der Waals surface area contributed by atoms with Gasteiger partial charge in [0.2, 0.25) is 0 Å². The monoisotopic (exact) mass is 230 g/mol. The second kappa shape index (κ2) is 4.31. The second-order valence-electron chi connectivity index (χ2n) is 4.69. The van der Waals surface area contributed by atoms with Crippen molar-refractivity contribution in [2.75, 3.05) is 26.4 Å². The second-order valence-corrected chi connectivity index (χ2v) is 4.69. The van der Waals surface area contributed by atoms with E-state index in [0.29, 0.717) is 45.5 Å². The minimum absolute atomic E-state index is 0.110. The number of aliphatic carboxylic acids is 1. The molecule has 0 aromatic rings. The Morgan fingerprint density at radius 3 is 2.25 bits per heavy atom. The molecule has 2 aliphatic heterocycles. The zero-order valence-corrected chi connectivity index (χ0v) is 9.28. The van der Waals surface area contributed by atoms with E-state index in [4.69, 9.17) is 9.47 Å². The first-order valence-corrected chi connectivity index (χ1v) is 5.72. The average molecular weight is 230 g/mol. The van der Waals surface area contributed by atoms with Gasteiger partial charge in [-0.05, 0) is 12.8 Å². The van der Waals surface area contributed by atoms with Gasteiger partial charge in [-0.15, -0.1) is 0 Å². The lowest BCUT2D eigenvalue weighted by Crippen LogP contribution is -2.59. The molecule has 2 aliphatic rings. The molecule has 5 nitrogen and oxygen atoms in total. The van der Waals surface area contributed by atoms with Crippen molar-refractivity contribution in [3.63, 3.8) is 0 Å². The minimum atomic E-state index is -1.18. The summed E-state index contributed by atoms with van der Waals surface area (Å²) < 4.78 is 10.5. The van der Waals surface area contributed by atoms with Gasteiger partial charge >= 0.3 is 5.97 Å². The Labute approximate surface area is 94.4 Å². The standard InChI is InChI=1S/C11H18O5/c12-9(13)10(2-1-5-16-8-10)11(14)3-6-15-7-4-11/h14H,1-8H2,(H,12,13). The molecule has 2 fully saturated rings. The van der Waals surface area contributed by atoms with E-state index in [1.54, 1.807) is 0 Å². The number of carboxylic acid groups (broad SMARTS) is 1. The molecule has 2 rings (SSSR count). The van der Waals surface area contributed by atoms with Crippen molar-refractivity contribution >= 4 is 5.97 Å².